The second-order valence-corrected chi connectivity index (χ2v) is 5.42. The van der Waals surface area contributed by atoms with E-state index < -0.39 is 0 Å². The fraction of sp³-hybridized carbons (Fsp3) is 0.150. The second-order valence-electron chi connectivity index (χ2n) is 5.42. The highest BCUT2D eigenvalue weighted by Gasteiger charge is 2.06. The zero-order chi connectivity index (χ0) is 15.4. The first kappa shape index (κ1) is 14.3. The summed E-state index contributed by atoms with van der Waals surface area (Å²) < 4.78 is 0. The Hall–Kier alpha value is -2.61. The number of hydrogen-bond acceptors (Lipinski definition) is 1. The van der Waals surface area contributed by atoms with E-state index in [1.807, 2.05) is 42.5 Å². The van der Waals surface area contributed by atoms with Crippen LogP contribution in [0, 0.1) is 0 Å². The van der Waals surface area contributed by atoms with Gasteiger partial charge in [-0.1, -0.05) is 67.6 Å². The van der Waals surface area contributed by atoms with Crippen molar-refractivity contribution in [3.05, 3.63) is 77.9 Å². The summed E-state index contributed by atoms with van der Waals surface area (Å²) >= 11 is 0. The van der Waals surface area contributed by atoms with Gasteiger partial charge in [-0.2, -0.15) is 0 Å². The maximum atomic E-state index is 12.3. The molecule has 0 spiro atoms. The number of carbonyl (C=O) groups is 1. The van der Waals surface area contributed by atoms with Gasteiger partial charge in [0, 0.05) is 11.1 Å². The van der Waals surface area contributed by atoms with Crippen LogP contribution in [0.2, 0.25) is 0 Å². The summed E-state index contributed by atoms with van der Waals surface area (Å²) in [7, 11) is 0. The lowest BCUT2D eigenvalue weighted by Crippen LogP contribution is -2.14. The summed E-state index contributed by atoms with van der Waals surface area (Å²) in [6.45, 7) is 2.13. The predicted molar refractivity (Wildman–Crippen MR) is 92.1 cm³/mol. The second kappa shape index (κ2) is 6.44. The summed E-state index contributed by atoms with van der Waals surface area (Å²) in [6, 6.07) is 22.3. The molecule has 0 radical (unpaired) electrons. The van der Waals surface area contributed by atoms with Gasteiger partial charge in [0.2, 0.25) is 5.91 Å². The van der Waals surface area contributed by atoms with Crippen LogP contribution in [0.25, 0.3) is 10.8 Å². The number of carbonyl (C=O) groups excluding carboxylic acids is 1. The van der Waals surface area contributed by atoms with Gasteiger partial charge >= 0.3 is 0 Å². The van der Waals surface area contributed by atoms with Crippen LogP contribution in [-0.2, 0) is 17.6 Å². The number of benzene rings is 3. The van der Waals surface area contributed by atoms with Gasteiger partial charge in [0.15, 0.2) is 0 Å². The molecule has 0 unspecified atom stereocenters. The molecule has 0 heterocycles. The van der Waals surface area contributed by atoms with Gasteiger partial charge in [-0.3, -0.25) is 4.79 Å². The molecular formula is C20H19NO. The number of aryl methyl sites for hydroxylation is 1. The minimum atomic E-state index is 0.0144. The van der Waals surface area contributed by atoms with E-state index in [1.165, 1.54) is 5.56 Å². The van der Waals surface area contributed by atoms with Crippen molar-refractivity contribution in [3.8, 4) is 0 Å². The quantitative estimate of drug-likeness (QED) is 0.748. The molecule has 3 aromatic carbocycles. The van der Waals surface area contributed by atoms with E-state index in [-0.39, 0.29) is 5.91 Å². The zero-order valence-corrected chi connectivity index (χ0v) is 12.7. The van der Waals surface area contributed by atoms with Crippen LogP contribution in [0.3, 0.4) is 0 Å². The SMILES string of the molecule is CCc1ccc(CC(=O)Nc2cccc3ccccc23)cc1. The third-order valence-electron chi connectivity index (χ3n) is 3.86. The van der Waals surface area contributed by atoms with Crippen LogP contribution in [0.5, 0.6) is 0 Å². The Morgan fingerprint density at radius 2 is 1.55 bits per heavy atom. The van der Waals surface area contributed by atoms with Crippen LogP contribution >= 0.6 is 0 Å². The average molecular weight is 289 g/mol. The summed E-state index contributed by atoms with van der Waals surface area (Å²) in [5, 5.41) is 5.22. The minimum absolute atomic E-state index is 0.0144. The number of nitrogens with one attached hydrogen (secondary N) is 1. The highest BCUT2D eigenvalue weighted by atomic mass is 16.1. The van der Waals surface area contributed by atoms with Crippen molar-refractivity contribution in [2.75, 3.05) is 5.32 Å². The molecule has 0 fully saturated rings. The van der Waals surface area contributed by atoms with Crippen molar-refractivity contribution < 1.29 is 4.79 Å². The van der Waals surface area contributed by atoms with Gasteiger partial charge in [-0.05, 0) is 29.0 Å². The monoisotopic (exact) mass is 289 g/mol. The number of rotatable bonds is 4. The molecular weight excluding hydrogens is 270 g/mol. The minimum Gasteiger partial charge on any atom is -0.325 e. The molecule has 3 aromatic rings. The van der Waals surface area contributed by atoms with Gasteiger partial charge < -0.3 is 5.32 Å². The van der Waals surface area contributed by atoms with Gasteiger partial charge in [0.25, 0.3) is 0 Å². The van der Waals surface area contributed by atoms with E-state index in [2.05, 4.69) is 36.5 Å². The van der Waals surface area contributed by atoms with Crippen molar-refractivity contribution in [1.82, 2.24) is 0 Å². The Bertz CT molecular complexity index is 785. The van der Waals surface area contributed by atoms with Crippen LogP contribution < -0.4 is 5.32 Å². The molecule has 0 saturated heterocycles. The molecule has 22 heavy (non-hydrogen) atoms. The van der Waals surface area contributed by atoms with Crippen molar-refractivity contribution in [3.63, 3.8) is 0 Å². The van der Waals surface area contributed by atoms with E-state index in [0.717, 1.165) is 28.4 Å². The third kappa shape index (κ3) is 3.17. The Balaban J connectivity index is 1.75. The summed E-state index contributed by atoms with van der Waals surface area (Å²) in [6.07, 6.45) is 1.41. The first-order valence-electron chi connectivity index (χ1n) is 7.61. The molecule has 0 saturated carbocycles. The molecule has 0 aliphatic heterocycles. The van der Waals surface area contributed by atoms with Crippen LogP contribution in [0.15, 0.2) is 66.7 Å². The molecule has 0 atom stereocenters. The Labute approximate surface area is 130 Å². The molecule has 0 aliphatic rings. The Morgan fingerprint density at radius 1 is 0.864 bits per heavy atom. The van der Waals surface area contributed by atoms with Crippen molar-refractivity contribution >= 4 is 22.4 Å². The van der Waals surface area contributed by atoms with E-state index in [4.69, 9.17) is 0 Å². The molecule has 0 aromatic heterocycles. The molecule has 0 bridgehead atoms. The fourth-order valence-electron chi connectivity index (χ4n) is 2.61. The maximum absolute atomic E-state index is 12.3. The lowest BCUT2D eigenvalue weighted by atomic mass is 10.1. The van der Waals surface area contributed by atoms with Crippen LogP contribution in [0.4, 0.5) is 5.69 Å². The highest BCUT2D eigenvalue weighted by molar-refractivity contribution is 6.02. The first-order chi connectivity index (χ1) is 10.8. The molecule has 110 valence electrons. The smallest absolute Gasteiger partial charge is 0.228 e. The number of amides is 1. The van der Waals surface area contributed by atoms with Crippen molar-refractivity contribution in [2.24, 2.45) is 0 Å². The molecule has 3 rings (SSSR count). The highest BCUT2D eigenvalue weighted by Crippen LogP contribution is 2.23. The maximum Gasteiger partial charge on any atom is 0.228 e. The van der Waals surface area contributed by atoms with Crippen LogP contribution in [0.1, 0.15) is 18.1 Å². The van der Waals surface area contributed by atoms with Crippen LogP contribution in [-0.4, -0.2) is 5.91 Å². The van der Waals surface area contributed by atoms with E-state index >= 15 is 0 Å². The topological polar surface area (TPSA) is 29.1 Å². The van der Waals surface area contributed by atoms with Gasteiger partial charge in [-0.15, -0.1) is 0 Å². The normalized spacial score (nSPS) is 10.6. The first-order valence-corrected chi connectivity index (χ1v) is 7.61. The number of fused-ring (bicyclic) bond motifs is 1. The average Bonchev–Trinajstić information content (AvgIpc) is 2.56. The zero-order valence-electron chi connectivity index (χ0n) is 12.7. The van der Waals surface area contributed by atoms with Gasteiger partial charge in [0.05, 0.1) is 6.42 Å². The van der Waals surface area contributed by atoms with Gasteiger partial charge in [-0.25, -0.2) is 0 Å². The third-order valence-corrected chi connectivity index (χ3v) is 3.86. The molecule has 2 nitrogen and oxygen atoms in total. The largest absolute Gasteiger partial charge is 0.325 e. The Kier molecular flexibility index (Phi) is 4.19. The molecule has 1 N–H and O–H groups in total. The summed E-state index contributed by atoms with van der Waals surface area (Å²) in [4.78, 5) is 12.3. The standard InChI is InChI=1S/C20H19NO/c1-2-15-10-12-16(13-11-15)14-20(22)21-19-9-5-7-17-6-3-4-8-18(17)19/h3-13H,2,14H2,1H3,(H,21,22). The summed E-state index contributed by atoms with van der Waals surface area (Å²) in [5.74, 6) is 0.0144. The molecule has 2 heteroatoms. The van der Waals surface area contributed by atoms with E-state index in [9.17, 15) is 4.79 Å². The predicted octanol–water partition coefficient (Wildman–Crippen LogP) is 4.58. The van der Waals surface area contributed by atoms with Crippen molar-refractivity contribution in [1.29, 1.82) is 0 Å². The fourth-order valence-corrected chi connectivity index (χ4v) is 2.61. The molecule has 1 amide bonds. The van der Waals surface area contributed by atoms with Gasteiger partial charge in [0.1, 0.15) is 0 Å². The van der Waals surface area contributed by atoms with E-state index in [0.29, 0.717) is 6.42 Å². The number of anilines is 1. The lowest BCUT2D eigenvalue weighted by molar-refractivity contribution is -0.115. The Morgan fingerprint density at radius 3 is 2.32 bits per heavy atom. The molecule has 0 aliphatic carbocycles. The summed E-state index contributed by atoms with van der Waals surface area (Å²) in [5.41, 5.74) is 3.20. The van der Waals surface area contributed by atoms with E-state index in [1.54, 1.807) is 0 Å². The van der Waals surface area contributed by atoms with Crippen molar-refractivity contribution in [2.45, 2.75) is 19.8 Å². The number of hydrogen-bond donors (Lipinski definition) is 1. The lowest BCUT2D eigenvalue weighted by Gasteiger charge is -2.09.